The van der Waals surface area contributed by atoms with Crippen LogP contribution in [0.1, 0.15) is 33.1 Å². The summed E-state index contributed by atoms with van der Waals surface area (Å²) >= 11 is 0. The van der Waals surface area contributed by atoms with Crippen molar-refractivity contribution in [2.75, 3.05) is 13.1 Å². The van der Waals surface area contributed by atoms with Crippen LogP contribution in [0.2, 0.25) is 0 Å². The van der Waals surface area contributed by atoms with Crippen molar-refractivity contribution in [3.63, 3.8) is 0 Å². The fourth-order valence-electron chi connectivity index (χ4n) is 0.918. The molecule has 0 saturated carbocycles. The highest BCUT2D eigenvalue weighted by atomic mass is 31.0. The van der Waals surface area contributed by atoms with Gasteiger partial charge in [0.25, 0.3) is 0 Å². The summed E-state index contributed by atoms with van der Waals surface area (Å²) in [6.45, 7) is 8.56. The van der Waals surface area contributed by atoms with Crippen LogP contribution < -0.4 is 0 Å². The third-order valence-electron chi connectivity index (χ3n) is 1.39. The fourth-order valence-corrected chi connectivity index (χ4v) is 1.28. The molecule has 11 heavy (non-hydrogen) atoms. The molecule has 1 fully saturated rings. The second-order valence-corrected chi connectivity index (χ2v) is 2.83. The number of carbonyl (C=O) groups excluding carboxylic acids is 1. The van der Waals surface area contributed by atoms with Crippen molar-refractivity contribution in [2.45, 2.75) is 33.1 Å². The first-order valence-electron chi connectivity index (χ1n) is 4.18. The number of piperidine rings is 1. The minimum Gasteiger partial charge on any atom is -0.307 e. The third-order valence-corrected chi connectivity index (χ3v) is 1.91. The lowest BCUT2D eigenvalue weighted by atomic mass is 10.2. The van der Waals surface area contributed by atoms with Crippen LogP contribution >= 0.6 is 9.39 Å². The highest BCUT2D eigenvalue weighted by Crippen LogP contribution is 2.11. The molecule has 0 aromatic carbocycles. The van der Waals surface area contributed by atoms with Crippen LogP contribution in [-0.2, 0) is 4.79 Å². The molecule has 0 N–H and O–H groups in total. The molecule has 0 spiro atoms. The molecule has 0 aromatic heterocycles. The molecule has 1 atom stereocenters. The maximum absolute atomic E-state index is 8.00. The summed E-state index contributed by atoms with van der Waals surface area (Å²) in [7, 11) is 2.74. The summed E-state index contributed by atoms with van der Waals surface area (Å²) in [6, 6.07) is 0. The molecule has 1 unspecified atom stereocenters. The highest BCUT2D eigenvalue weighted by Gasteiger charge is 2.02. The Morgan fingerprint density at radius 3 is 1.64 bits per heavy atom. The van der Waals surface area contributed by atoms with Gasteiger partial charge in [0.05, 0.1) is 0 Å². The second-order valence-electron chi connectivity index (χ2n) is 2.10. The topological polar surface area (TPSA) is 20.3 Å². The first kappa shape index (κ1) is 13.6. The first-order valence-corrected chi connectivity index (χ1v) is 4.70. The van der Waals surface area contributed by atoms with Crippen LogP contribution in [-0.4, -0.2) is 24.5 Å². The molecule has 3 heteroatoms. The molecular formula is C8H20NOP. The molecule has 68 valence electrons. The molecular weight excluding hydrogens is 157 g/mol. The molecule has 2 nitrogen and oxygen atoms in total. The van der Waals surface area contributed by atoms with Gasteiger partial charge in [-0.25, -0.2) is 0 Å². The van der Waals surface area contributed by atoms with Crippen LogP contribution in [0.25, 0.3) is 0 Å². The van der Waals surface area contributed by atoms with E-state index in [1.807, 2.05) is 20.6 Å². The van der Waals surface area contributed by atoms with E-state index in [2.05, 4.69) is 14.1 Å². The lowest BCUT2D eigenvalue weighted by Gasteiger charge is -2.20. The van der Waals surface area contributed by atoms with E-state index >= 15 is 0 Å². The maximum atomic E-state index is 8.00. The van der Waals surface area contributed by atoms with Crippen LogP contribution in [0.3, 0.4) is 0 Å². The summed E-state index contributed by atoms with van der Waals surface area (Å²) in [5.41, 5.74) is 0. The summed E-state index contributed by atoms with van der Waals surface area (Å²) in [5.74, 6) is 0. The Hall–Kier alpha value is 0.0600. The zero-order valence-corrected chi connectivity index (χ0v) is 8.83. The van der Waals surface area contributed by atoms with Crippen molar-refractivity contribution in [3.8, 4) is 0 Å². The predicted octanol–water partition coefficient (Wildman–Crippen LogP) is 2.10. The van der Waals surface area contributed by atoms with E-state index in [4.69, 9.17) is 4.79 Å². The van der Waals surface area contributed by atoms with E-state index in [1.54, 1.807) is 0 Å². The molecule has 0 amide bonds. The summed E-state index contributed by atoms with van der Waals surface area (Å²) in [6.07, 6.45) is 4.22. The largest absolute Gasteiger partial charge is 0.307 e. The van der Waals surface area contributed by atoms with Gasteiger partial charge in [-0.05, 0) is 12.8 Å². The zero-order valence-electron chi connectivity index (χ0n) is 7.68. The molecule has 1 rings (SSSR count). The molecule has 1 aliphatic heterocycles. The van der Waals surface area contributed by atoms with Crippen LogP contribution in [0, 0.1) is 0 Å². The molecule has 0 radical (unpaired) electrons. The van der Waals surface area contributed by atoms with Crippen molar-refractivity contribution in [1.29, 1.82) is 0 Å². The quantitative estimate of drug-likeness (QED) is 0.528. The van der Waals surface area contributed by atoms with Crippen LogP contribution in [0.15, 0.2) is 0 Å². The van der Waals surface area contributed by atoms with E-state index in [-0.39, 0.29) is 0 Å². The number of hydrogen-bond donors (Lipinski definition) is 0. The number of nitrogens with zero attached hydrogens (tertiary/aromatic N) is 1. The summed E-state index contributed by atoms with van der Waals surface area (Å²) in [5, 5.41) is 0. The van der Waals surface area contributed by atoms with Gasteiger partial charge in [-0.2, -0.15) is 0 Å². The lowest BCUT2D eigenvalue weighted by Crippen LogP contribution is -2.18. The number of hydrogen-bond acceptors (Lipinski definition) is 2. The van der Waals surface area contributed by atoms with Gasteiger partial charge in [0.15, 0.2) is 0 Å². The van der Waals surface area contributed by atoms with E-state index in [0.29, 0.717) is 0 Å². The minimum atomic E-state index is 1.28. The molecule has 0 bridgehead atoms. The molecule has 1 heterocycles. The summed E-state index contributed by atoms with van der Waals surface area (Å²) < 4.78 is 2.31. The van der Waals surface area contributed by atoms with E-state index < -0.39 is 0 Å². The van der Waals surface area contributed by atoms with Crippen molar-refractivity contribution < 1.29 is 4.79 Å². The van der Waals surface area contributed by atoms with Gasteiger partial charge in [-0.1, -0.05) is 29.7 Å². The van der Waals surface area contributed by atoms with Crippen LogP contribution in [0.4, 0.5) is 0 Å². The Balaban J connectivity index is 0. The number of carbonyl (C=O) groups is 1. The van der Waals surface area contributed by atoms with Gasteiger partial charge in [-0.15, -0.1) is 0 Å². The van der Waals surface area contributed by atoms with Crippen molar-refractivity contribution in [2.24, 2.45) is 0 Å². The van der Waals surface area contributed by atoms with Gasteiger partial charge >= 0.3 is 0 Å². The minimum absolute atomic E-state index is 1.28. The van der Waals surface area contributed by atoms with Gasteiger partial charge in [-0.3, -0.25) is 4.67 Å². The van der Waals surface area contributed by atoms with Crippen LogP contribution in [0.5, 0.6) is 0 Å². The SMILES string of the molecule is C=O.CC.PN1CCCCC1. The van der Waals surface area contributed by atoms with E-state index in [1.165, 1.54) is 32.4 Å². The van der Waals surface area contributed by atoms with Crippen molar-refractivity contribution in [1.82, 2.24) is 4.67 Å². The van der Waals surface area contributed by atoms with Crippen molar-refractivity contribution in [3.05, 3.63) is 0 Å². The van der Waals surface area contributed by atoms with Gasteiger partial charge in [0.2, 0.25) is 0 Å². The average Bonchev–Trinajstić information content (AvgIpc) is 2.13. The summed E-state index contributed by atoms with van der Waals surface area (Å²) in [4.78, 5) is 8.00. The fraction of sp³-hybridized carbons (Fsp3) is 0.875. The van der Waals surface area contributed by atoms with E-state index in [0.717, 1.165) is 0 Å². The lowest BCUT2D eigenvalue weighted by molar-refractivity contribution is -0.0979. The Morgan fingerprint density at radius 2 is 1.45 bits per heavy atom. The Labute approximate surface area is 72.6 Å². The molecule has 0 aromatic rings. The smallest absolute Gasteiger partial charge is 0.106 e. The standard InChI is InChI=1S/C5H12NP.C2H6.CH2O/c7-6-4-2-1-3-5-6;2*1-2/h1-5,7H2;1-2H3;1H2. The Kier molecular flexibility index (Phi) is 15.8. The second kappa shape index (κ2) is 12.7. The first-order chi connectivity index (χ1) is 5.39. The zero-order chi connectivity index (χ0) is 9.11. The monoisotopic (exact) mass is 177 g/mol. The highest BCUT2D eigenvalue weighted by molar-refractivity contribution is 7.13. The Morgan fingerprint density at radius 1 is 1.09 bits per heavy atom. The molecule has 1 aliphatic rings. The normalized spacial score (nSPS) is 17.0. The predicted molar refractivity (Wildman–Crippen MR) is 53.6 cm³/mol. The van der Waals surface area contributed by atoms with Gasteiger partial charge in [0.1, 0.15) is 6.79 Å². The van der Waals surface area contributed by atoms with Gasteiger partial charge < -0.3 is 4.79 Å². The molecule has 0 aliphatic carbocycles. The maximum Gasteiger partial charge on any atom is 0.106 e. The third kappa shape index (κ3) is 10.1. The van der Waals surface area contributed by atoms with Crippen molar-refractivity contribution >= 4 is 16.2 Å². The van der Waals surface area contributed by atoms with E-state index in [9.17, 15) is 0 Å². The average molecular weight is 177 g/mol. The van der Waals surface area contributed by atoms with Gasteiger partial charge in [0, 0.05) is 13.1 Å². The molecule has 1 saturated heterocycles. The Bertz CT molecular complexity index is 65.1. The number of rotatable bonds is 0.